The Kier molecular flexibility index (Phi) is 4.55. The van der Waals surface area contributed by atoms with Crippen molar-refractivity contribution in [3.05, 3.63) is 80.7 Å². The maximum Gasteiger partial charge on any atom is 0.258 e. The zero-order valence-corrected chi connectivity index (χ0v) is 13.5. The van der Waals surface area contributed by atoms with E-state index in [4.69, 9.17) is 11.6 Å². The second-order valence-electron chi connectivity index (χ2n) is 4.80. The molecule has 1 aromatic carbocycles. The van der Waals surface area contributed by atoms with Crippen molar-refractivity contribution in [1.82, 2.24) is 9.55 Å². The summed E-state index contributed by atoms with van der Waals surface area (Å²) in [5.74, 6) is -0.301. The molecule has 1 amide bonds. The van der Waals surface area contributed by atoms with Crippen LogP contribution in [0.4, 0.5) is 5.13 Å². The number of nitrogens with zero attached hydrogens (tertiary/aromatic N) is 2. The topological polar surface area (TPSA) is 64.0 Å². The summed E-state index contributed by atoms with van der Waals surface area (Å²) in [6.07, 6.45) is 3.15. The molecule has 3 aromatic rings. The molecule has 0 saturated carbocycles. The van der Waals surface area contributed by atoms with Crippen molar-refractivity contribution in [2.45, 2.75) is 6.54 Å². The van der Waals surface area contributed by atoms with E-state index in [9.17, 15) is 9.59 Å². The van der Waals surface area contributed by atoms with Crippen LogP contribution in [-0.2, 0) is 6.54 Å². The zero-order valence-electron chi connectivity index (χ0n) is 11.9. The summed E-state index contributed by atoms with van der Waals surface area (Å²) >= 11 is 7.19. The molecule has 23 heavy (non-hydrogen) atoms. The number of amides is 1. The lowest BCUT2D eigenvalue weighted by Crippen LogP contribution is -2.22. The second-order valence-corrected chi connectivity index (χ2v) is 6.13. The lowest BCUT2D eigenvalue weighted by atomic mass is 10.2. The van der Waals surface area contributed by atoms with E-state index >= 15 is 0 Å². The first kappa shape index (κ1) is 15.5. The summed E-state index contributed by atoms with van der Waals surface area (Å²) in [6.45, 7) is 0.369. The molecule has 0 atom stereocenters. The minimum Gasteiger partial charge on any atom is -0.310 e. The lowest BCUT2D eigenvalue weighted by molar-refractivity contribution is 0.102. The van der Waals surface area contributed by atoms with Crippen molar-refractivity contribution in [2.75, 3.05) is 5.32 Å². The van der Waals surface area contributed by atoms with E-state index in [1.165, 1.54) is 28.0 Å². The van der Waals surface area contributed by atoms with Gasteiger partial charge in [-0.1, -0.05) is 23.7 Å². The number of anilines is 1. The fourth-order valence-corrected chi connectivity index (χ4v) is 2.68. The highest BCUT2D eigenvalue weighted by Crippen LogP contribution is 2.13. The molecule has 0 spiro atoms. The predicted molar refractivity (Wildman–Crippen MR) is 91.3 cm³/mol. The Labute approximate surface area is 141 Å². The standard InChI is InChI=1S/C16H12ClN3O2S/c17-13-4-1-11(2-5-13)9-20-10-12(3-6-14(20)21)15(22)19-16-18-7-8-23-16/h1-8,10H,9H2,(H,18,19,22). The molecule has 7 heteroatoms. The highest BCUT2D eigenvalue weighted by molar-refractivity contribution is 7.13. The van der Waals surface area contributed by atoms with Gasteiger partial charge in [0.15, 0.2) is 5.13 Å². The molecular formula is C16H12ClN3O2S. The Morgan fingerprint density at radius 3 is 2.70 bits per heavy atom. The molecule has 0 radical (unpaired) electrons. The number of rotatable bonds is 4. The van der Waals surface area contributed by atoms with Gasteiger partial charge < -0.3 is 4.57 Å². The second kappa shape index (κ2) is 6.76. The number of hydrogen-bond acceptors (Lipinski definition) is 4. The Morgan fingerprint density at radius 1 is 1.22 bits per heavy atom. The third kappa shape index (κ3) is 3.85. The number of nitrogens with one attached hydrogen (secondary N) is 1. The van der Waals surface area contributed by atoms with Gasteiger partial charge in [0.05, 0.1) is 12.1 Å². The number of halogens is 1. The monoisotopic (exact) mass is 345 g/mol. The third-order valence-corrected chi connectivity index (χ3v) is 4.11. The largest absolute Gasteiger partial charge is 0.310 e. The van der Waals surface area contributed by atoms with Crippen LogP contribution in [0.2, 0.25) is 5.02 Å². The van der Waals surface area contributed by atoms with Crippen LogP contribution in [0, 0.1) is 0 Å². The molecule has 1 N–H and O–H groups in total. The number of carbonyl (C=O) groups is 1. The molecule has 0 fully saturated rings. The van der Waals surface area contributed by atoms with Gasteiger partial charge in [-0.05, 0) is 23.8 Å². The maximum absolute atomic E-state index is 12.2. The normalized spacial score (nSPS) is 10.5. The van der Waals surface area contributed by atoms with Crippen LogP contribution >= 0.6 is 22.9 Å². The Bertz CT molecular complexity index is 873. The van der Waals surface area contributed by atoms with Crippen LogP contribution in [0.25, 0.3) is 0 Å². The fraction of sp³-hybridized carbons (Fsp3) is 0.0625. The average Bonchev–Trinajstić information content (AvgIpc) is 3.04. The minimum atomic E-state index is -0.301. The zero-order chi connectivity index (χ0) is 16.2. The van der Waals surface area contributed by atoms with Crippen LogP contribution in [-0.4, -0.2) is 15.5 Å². The van der Waals surface area contributed by atoms with E-state index in [1.54, 1.807) is 29.9 Å². The van der Waals surface area contributed by atoms with Crippen molar-refractivity contribution in [2.24, 2.45) is 0 Å². The van der Waals surface area contributed by atoms with Crippen LogP contribution in [0.3, 0.4) is 0 Å². The van der Waals surface area contributed by atoms with E-state index in [2.05, 4.69) is 10.3 Å². The van der Waals surface area contributed by atoms with Crippen molar-refractivity contribution in [1.29, 1.82) is 0 Å². The van der Waals surface area contributed by atoms with E-state index in [-0.39, 0.29) is 11.5 Å². The van der Waals surface area contributed by atoms with Crippen molar-refractivity contribution >= 4 is 34.0 Å². The molecular weight excluding hydrogens is 334 g/mol. The van der Waals surface area contributed by atoms with Crippen LogP contribution < -0.4 is 10.9 Å². The van der Waals surface area contributed by atoms with Gasteiger partial charge in [-0.2, -0.15) is 0 Å². The number of hydrogen-bond donors (Lipinski definition) is 1. The molecule has 0 aliphatic heterocycles. The van der Waals surface area contributed by atoms with Crippen molar-refractivity contribution in [3.8, 4) is 0 Å². The van der Waals surface area contributed by atoms with Crippen molar-refractivity contribution < 1.29 is 4.79 Å². The molecule has 0 bridgehead atoms. The summed E-state index contributed by atoms with van der Waals surface area (Å²) in [6, 6.07) is 10.1. The van der Waals surface area contributed by atoms with Gasteiger partial charge in [0.1, 0.15) is 0 Å². The van der Waals surface area contributed by atoms with Gasteiger partial charge in [0.2, 0.25) is 0 Å². The highest BCUT2D eigenvalue weighted by Gasteiger charge is 2.09. The first-order valence-electron chi connectivity index (χ1n) is 6.77. The molecule has 5 nitrogen and oxygen atoms in total. The SMILES string of the molecule is O=C(Nc1nccs1)c1ccc(=O)n(Cc2ccc(Cl)cc2)c1. The number of aromatic nitrogens is 2. The molecule has 0 saturated heterocycles. The molecule has 2 aromatic heterocycles. The molecule has 3 rings (SSSR count). The van der Waals surface area contributed by atoms with Gasteiger partial charge in [-0.15, -0.1) is 11.3 Å². The molecule has 2 heterocycles. The van der Waals surface area contributed by atoms with Gasteiger partial charge >= 0.3 is 0 Å². The van der Waals surface area contributed by atoms with E-state index in [1.807, 2.05) is 12.1 Å². The van der Waals surface area contributed by atoms with Gasteiger partial charge in [0, 0.05) is 28.9 Å². The molecule has 0 unspecified atom stereocenters. The average molecular weight is 346 g/mol. The third-order valence-electron chi connectivity index (χ3n) is 3.16. The van der Waals surface area contributed by atoms with Crippen LogP contribution in [0.1, 0.15) is 15.9 Å². The quantitative estimate of drug-likeness (QED) is 0.789. The Morgan fingerprint density at radius 2 is 2.00 bits per heavy atom. The smallest absolute Gasteiger partial charge is 0.258 e. The molecule has 116 valence electrons. The van der Waals surface area contributed by atoms with Crippen LogP contribution in [0.15, 0.2) is 59.0 Å². The molecule has 0 aliphatic carbocycles. The summed E-state index contributed by atoms with van der Waals surface area (Å²) in [4.78, 5) is 28.2. The van der Waals surface area contributed by atoms with Gasteiger partial charge in [-0.25, -0.2) is 4.98 Å². The van der Waals surface area contributed by atoms with Gasteiger partial charge in [-0.3, -0.25) is 14.9 Å². The van der Waals surface area contributed by atoms with E-state index in [0.29, 0.717) is 22.3 Å². The van der Waals surface area contributed by atoms with E-state index in [0.717, 1.165) is 5.56 Å². The summed E-state index contributed by atoms with van der Waals surface area (Å²) in [5.41, 5.74) is 1.15. The minimum absolute atomic E-state index is 0.175. The van der Waals surface area contributed by atoms with Crippen molar-refractivity contribution in [3.63, 3.8) is 0 Å². The number of thiazole rings is 1. The van der Waals surface area contributed by atoms with Gasteiger partial charge in [0.25, 0.3) is 11.5 Å². The first-order valence-corrected chi connectivity index (χ1v) is 8.03. The van der Waals surface area contributed by atoms with E-state index < -0.39 is 0 Å². The Hall–Kier alpha value is -2.44. The lowest BCUT2D eigenvalue weighted by Gasteiger charge is -2.08. The first-order chi connectivity index (χ1) is 11.1. The summed E-state index contributed by atoms with van der Waals surface area (Å²) in [5, 5.41) is 5.62. The Balaban J connectivity index is 1.82. The highest BCUT2D eigenvalue weighted by atomic mass is 35.5. The predicted octanol–water partition coefficient (Wildman–Crippen LogP) is 3.26. The number of pyridine rings is 1. The summed E-state index contributed by atoms with van der Waals surface area (Å²) < 4.78 is 1.49. The molecule has 0 aliphatic rings. The number of benzene rings is 1. The maximum atomic E-state index is 12.2. The number of carbonyl (C=O) groups excluding carboxylic acids is 1. The van der Waals surface area contributed by atoms with Crippen LogP contribution in [0.5, 0.6) is 0 Å². The fourth-order valence-electron chi connectivity index (χ4n) is 2.03. The summed E-state index contributed by atoms with van der Waals surface area (Å²) in [7, 11) is 0.